The second-order valence-corrected chi connectivity index (χ2v) is 3.86. The smallest absolute Gasteiger partial charge is 0.416 e. The van der Waals surface area contributed by atoms with Crippen LogP contribution in [0.25, 0.3) is 0 Å². The van der Waals surface area contributed by atoms with Crippen LogP contribution in [0.4, 0.5) is 4.79 Å². The molecule has 0 bridgehead atoms. The van der Waals surface area contributed by atoms with Crippen LogP contribution in [0, 0.1) is 0 Å². The standard InChI is InChI=1S/C12H19NO3/c1-2-3-4-5-6-7-8-11(14)13-9-10-16-12(13)15/h7-8H,2-6,9-10H2,1H3/b8-7+. The quantitative estimate of drug-likeness (QED) is 0.515. The van der Waals surface area contributed by atoms with Crippen LogP contribution < -0.4 is 0 Å². The maximum absolute atomic E-state index is 11.5. The second kappa shape index (κ2) is 7.04. The summed E-state index contributed by atoms with van der Waals surface area (Å²) in [6.07, 6.45) is 8.42. The molecule has 4 nitrogen and oxygen atoms in total. The summed E-state index contributed by atoms with van der Waals surface area (Å²) in [4.78, 5) is 23.6. The average Bonchev–Trinajstić information content (AvgIpc) is 2.69. The first kappa shape index (κ1) is 12.7. The van der Waals surface area contributed by atoms with Gasteiger partial charge in [-0.1, -0.05) is 32.3 Å². The van der Waals surface area contributed by atoms with Crippen molar-refractivity contribution in [3.8, 4) is 0 Å². The van der Waals surface area contributed by atoms with Gasteiger partial charge in [0.15, 0.2) is 0 Å². The molecule has 90 valence electrons. The zero-order valence-corrected chi connectivity index (χ0v) is 9.78. The molecule has 0 aromatic heterocycles. The molecule has 1 aliphatic rings. The number of carbonyl (C=O) groups excluding carboxylic acids is 2. The number of ether oxygens (including phenoxy) is 1. The van der Waals surface area contributed by atoms with E-state index in [1.165, 1.54) is 25.3 Å². The molecule has 16 heavy (non-hydrogen) atoms. The third-order valence-electron chi connectivity index (χ3n) is 2.51. The maximum Gasteiger partial charge on any atom is 0.416 e. The van der Waals surface area contributed by atoms with Crippen molar-refractivity contribution >= 4 is 12.0 Å². The zero-order chi connectivity index (χ0) is 11.8. The number of hydrogen-bond donors (Lipinski definition) is 0. The third kappa shape index (κ3) is 4.04. The Balaban J connectivity index is 2.18. The first-order valence-corrected chi connectivity index (χ1v) is 5.90. The first-order chi connectivity index (χ1) is 7.75. The maximum atomic E-state index is 11.5. The van der Waals surface area contributed by atoms with Gasteiger partial charge in [-0.05, 0) is 18.9 Å². The Hall–Kier alpha value is -1.32. The van der Waals surface area contributed by atoms with Crippen molar-refractivity contribution in [2.24, 2.45) is 0 Å². The highest BCUT2D eigenvalue weighted by molar-refractivity contribution is 5.99. The SMILES string of the molecule is CCCCCC/C=C/C(=O)N1CCOC1=O. The number of nitrogens with zero attached hydrogens (tertiary/aromatic N) is 1. The normalized spacial score (nSPS) is 15.8. The Morgan fingerprint density at radius 3 is 2.88 bits per heavy atom. The second-order valence-electron chi connectivity index (χ2n) is 3.86. The largest absolute Gasteiger partial charge is 0.447 e. The molecular formula is C12H19NO3. The number of hydrogen-bond acceptors (Lipinski definition) is 3. The molecule has 0 unspecified atom stereocenters. The van der Waals surface area contributed by atoms with E-state index < -0.39 is 6.09 Å². The predicted molar refractivity (Wildman–Crippen MR) is 61.0 cm³/mol. The molecule has 2 amide bonds. The van der Waals surface area contributed by atoms with E-state index in [1.54, 1.807) is 0 Å². The van der Waals surface area contributed by atoms with Crippen LogP contribution in [0.5, 0.6) is 0 Å². The fourth-order valence-electron chi connectivity index (χ4n) is 1.56. The minimum atomic E-state index is -0.527. The van der Waals surface area contributed by atoms with Gasteiger partial charge in [-0.15, -0.1) is 0 Å². The summed E-state index contributed by atoms with van der Waals surface area (Å²) in [6.45, 7) is 2.85. The van der Waals surface area contributed by atoms with Gasteiger partial charge in [0.25, 0.3) is 5.91 Å². The van der Waals surface area contributed by atoms with E-state index in [0.717, 1.165) is 17.7 Å². The zero-order valence-electron chi connectivity index (χ0n) is 9.78. The van der Waals surface area contributed by atoms with Crippen molar-refractivity contribution in [2.75, 3.05) is 13.2 Å². The molecule has 1 heterocycles. The van der Waals surface area contributed by atoms with Gasteiger partial charge in [0.05, 0.1) is 6.54 Å². The highest BCUT2D eigenvalue weighted by Crippen LogP contribution is 2.06. The summed E-state index contributed by atoms with van der Waals surface area (Å²) < 4.78 is 4.68. The van der Waals surface area contributed by atoms with Gasteiger partial charge >= 0.3 is 6.09 Å². The Kier molecular flexibility index (Phi) is 5.61. The minimum absolute atomic E-state index is 0.266. The summed E-state index contributed by atoms with van der Waals surface area (Å²) in [5.41, 5.74) is 0. The van der Waals surface area contributed by atoms with Crippen molar-refractivity contribution in [1.82, 2.24) is 4.90 Å². The molecule has 1 fully saturated rings. The number of cyclic esters (lactones) is 1. The molecule has 0 saturated carbocycles. The molecule has 1 saturated heterocycles. The molecule has 0 spiro atoms. The van der Waals surface area contributed by atoms with Crippen molar-refractivity contribution in [2.45, 2.75) is 39.0 Å². The van der Waals surface area contributed by atoms with E-state index in [9.17, 15) is 9.59 Å². The summed E-state index contributed by atoms with van der Waals surface area (Å²) >= 11 is 0. The number of carbonyl (C=O) groups is 2. The molecule has 1 aliphatic heterocycles. The topological polar surface area (TPSA) is 46.6 Å². The van der Waals surface area contributed by atoms with Gasteiger partial charge in [0.2, 0.25) is 0 Å². The number of allylic oxidation sites excluding steroid dienone is 1. The van der Waals surface area contributed by atoms with Crippen LogP contribution in [-0.2, 0) is 9.53 Å². The van der Waals surface area contributed by atoms with Crippen molar-refractivity contribution in [3.63, 3.8) is 0 Å². The van der Waals surface area contributed by atoms with Crippen molar-refractivity contribution in [1.29, 1.82) is 0 Å². The van der Waals surface area contributed by atoms with Gasteiger partial charge in [0.1, 0.15) is 6.61 Å². The van der Waals surface area contributed by atoms with E-state index >= 15 is 0 Å². The molecule has 0 atom stereocenters. The lowest BCUT2D eigenvalue weighted by Gasteiger charge is -2.06. The van der Waals surface area contributed by atoms with E-state index in [2.05, 4.69) is 11.7 Å². The van der Waals surface area contributed by atoms with Crippen LogP contribution in [0.15, 0.2) is 12.2 Å². The van der Waals surface area contributed by atoms with Crippen LogP contribution in [-0.4, -0.2) is 30.1 Å². The van der Waals surface area contributed by atoms with E-state index in [1.807, 2.05) is 6.08 Å². The number of rotatable bonds is 6. The molecule has 1 rings (SSSR count). The van der Waals surface area contributed by atoms with Gasteiger partial charge < -0.3 is 4.74 Å². The van der Waals surface area contributed by atoms with Gasteiger partial charge in [-0.2, -0.15) is 0 Å². The van der Waals surface area contributed by atoms with Crippen molar-refractivity contribution in [3.05, 3.63) is 12.2 Å². The number of imide groups is 1. The van der Waals surface area contributed by atoms with Crippen LogP contribution in [0.1, 0.15) is 39.0 Å². The Morgan fingerprint density at radius 2 is 2.25 bits per heavy atom. The Morgan fingerprint density at radius 1 is 1.44 bits per heavy atom. The molecule has 0 aromatic carbocycles. The van der Waals surface area contributed by atoms with E-state index in [0.29, 0.717) is 13.2 Å². The minimum Gasteiger partial charge on any atom is -0.447 e. The highest BCUT2D eigenvalue weighted by Gasteiger charge is 2.26. The number of amides is 2. The average molecular weight is 225 g/mol. The monoisotopic (exact) mass is 225 g/mol. The van der Waals surface area contributed by atoms with Crippen LogP contribution in [0.3, 0.4) is 0 Å². The molecule has 0 radical (unpaired) electrons. The first-order valence-electron chi connectivity index (χ1n) is 5.90. The van der Waals surface area contributed by atoms with Gasteiger partial charge in [-0.25, -0.2) is 9.69 Å². The molecule has 0 aromatic rings. The van der Waals surface area contributed by atoms with Crippen molar-refractivity contribution < 1.29 is 14.3 Å². The lowest BCUT2D eigenvalue weighted by molar-refractivity contribution is -0.122. The molecule has 0 N–H and O–H groups in total. The van der Waals surface area contributed by atoms with Gasteiger partial charge in [0, 0.05) is 0 Å². The molecule has 4 heteroatoms. The number of unbranched alkanes of at least 4 members (excludes halogenated alkanes) is 4. The van der Waals surface area contributed by atoms with Crippen LogP contribution in [0.2, 0.25) is 0 Å². The molecular weight excluding hydrogens is 206 g/mol. The summed E-state index contributed by atoms with van der Waals surface area (Å²) in [5, 5.41) is 0. The Bertz CT molecular complexity index is 273. The Labute approximate surface area is 96.3 Å². The molecule has 0 aliphatic carbocycles. The van der Waals surface area contributed by atoms with E-state index in [4.69, 9.17) is 0 Å². The summed E-state index contributed by atoms with van der Waals surface area (Å²) in [7, 11) is 0. The third-order valence-corrected chi connectivity index (χ3v) is 2.51. The van der Waals surface area contributed by atoms with Crippen LogP contribution >= 0.6 is 0 Å². The summed E-state index contributed by atoms with van der Waals surface area (Å²) in [5.74, 6) is -0.266. The fraction of sp³-hybridized carbons (Fsp3) is 0.667. The highest BCUT2D eigenvalue weighted by atomic mass is 16.6. The summed E-state index contributed by atoms with van der Waals surface area (Å²) in [6, 6.07) is 0. The predicted octanol–water partition coefficient (Wildman–Crippen LogP) is 2.49. The van der Waals surface area contributed by atoms with Gasteiger partial charge in [-0.3, -0.25) is 4.79 Å². The van der Waals surface area contributed by atoms with E-state index in [-0.39, 0.29) is 5.91 Å². The lowest BCUT2D eigenvalue weighted by Crippen LogP contribution is -2.29. The fourth-order valence-corrected chi connectivity index (χ4v) is 1.56. The lowest BCUT2D eigenvalue weighted by atomic mass is 10.1.